The molecule has 2 amide bonds. The quantitative estimate of drug-likeness (QED) is 0.679. The van der Waals surface area contributed by atoms with Gasteiger partial charge in [-0.1, -0.05) is 19.0 Å². The zero-order chi connectivity index (χ0) is 15.1. The van der Waals surface area contributed by atoms with Gasteiger partial charge in [-0.15, -0.1) is 0 Å². The molecule has 1 heterocycles. The van der Waals surface area contributed by atoms with Crippen molar-refractivity contribution in [2.24, 2.45) is 5.92 Å². The van der Waals surface area contributed by atoms with Crippen LogP contribution in [0.5, 0.6) is 0 Å². The SMILES string of the molecule is Cc1nc(CCNC(=O)NC(CC(C)C)C(=O)O)no1. The van der Waals surface area contributed by atoms with E-state index >= 15 is 0 Å². The molecular weight excluding hydrogens is 264 g/mol. The number of amides is 2. The Kier molecular flexibility index (Phi) is 5.95. The molecule has 0 aromatic carbocycles. The van der Waals surface area contributed by atoms with Gasteiger partial charge in [0.15, 0.2) is 5.82 Å². The number of nitrogens with one attached hydrogen (secondary N) is 2. The summed E-state index contributed by atoms with van der Waals surface area (Å²) >= 11 is 0. The Morgan fingerprint density at radius 1 is 1.40 bits per heavy atom. The van der Waals surface area contributed by atoms with Crippen molar-refractivity contribution in [2.45, 2.75) is 39.7 Å². The maximum Gasteiger partial charge on any atom is 0.326 e. The lowest BCUT2D eigenvalue weighted by atomic mass is 10.0. The summed E-state index contributed by atoms with van der Waals surface area (Å²) < 4.78 is 4.79. The van der Waals surface area contributed by atoms with E-state index in [2.05, 4.69) is 20.8 Å². The molecule has 1 unspecified atom stereocenters. The lowest BCUT2D eigenvalue weighted by Crippen LogP contribution is -2.47. The van der Waals surface area contributed by atoms with Crippen molar-refractivity contribution in [1.82, 2.24) is 20.8 Å². The fraction of sp³-hybridized carbons (Fsp3) is 0.667. The van der Waals surface area contributed by atoms with Crippen LogP contribution in [0.25, 0.3) is 0 Å². The predicted octanol–water partition coefficient (Wildman–Crippen LogP) is 0.719. The monoisotopic (exact) mass is 284 g/mol. The van der Waals surface area contributed by atoms with Gasteiger partial charge < -0.3 is 20.3 Å². The van der Waals surface area contributed by atoms with Gasteiger partial charge in [-0.25, -0.2) is 9.59 Å². The molecule has 8 nitrogen and oxygen atoms in total. The minimum absolute atomic E-state index is 0.179. The number of carbonyl (C=O) groups excluding carboxylic acids is 1. The normalized spacial score (nSPS) is 12.2. The minimum Gasteiger partial charge on any atom is -0.480 e. The third kappa shape index (κ3) is 5.68. The Bertz CT molecular complexity index is 458. The molecule has 0 bridgehead atoms. The van der Waals surface area contributed by atoms with E-state index in [0.29, 0.717) is 31.1 Å². The third-order valence-electron chi connectivity index (χ3n) is 2.51. The fourth-order valence-corrected chi connectivity index (χ4v) is 1.63. The van der Waals surface area contributed by atoms with Crippen LogP contribution in [0, 0.1) is 12.8 Å². The average molecular weight is 284 g/mol. The molecule has 0 saturated carbocycles. The number of aryl methyl sites for hydroxylation is 1. The number of aromatic nitrogens is 2. The minimum atomic E-state index is -1.04. The average Bonchev–Trinajstić information content (AvgIpc) is 2.73. The van der Waals surface area contributed by atoms with Crippen molar-refractivity contribution in [3.8, 4) is 0 Å². The molecule has 0 aliphatic rings. The van der Waals surface area contributed by atoms with Gasteiger partial charge in [-0.05, 0) is 12.3 Å². The summed E-state index contributed by atoms with van der Waals surface area (Å²) in [6, 6.07) is -1.40. The molecular formula is C12H20N4O4. The van der Waals surface area contributed by atoms with E-state index in [4.69, 9.17) is 9.63 Å². The number of carboxylic acid groups (broad SMARTS) is 1. The second-order valence-electron chi connectivity index (χ2n) is 4.90. The number of carbonyl (C=O) groups is 2. The lowest BCUT2D eigenvalue weighted by molar-refractivity contribution is -0.139. The van der Waals surface area contributed by atoms with Gasteiger partial charge in [0.05, 0.1) is 0 Å². The lowest BCUT2D eigenvalue weighted by Gasteiger charge is -2.16. The van der Waals surface area contributed by atoms with Crippen molar-refractivity contribution in [3.05, 3.63) is 11.7 Å². The Labute approximate surface area is 116 Å². The van der Waals surface area contributed by atoms with Gasteiger partial charge in [-0.3, -0.25) is 0 Å². The van der Waals surface area contributed by atoms with Gasteiger partial charge in [0.1, 0.15) is 6.04 Å². The standard InChI is InChI=1S/C12H20N4O4/c1-7(2)6-9(11(17)18)15-12(19)13-5-4-10-14-8(3)20-16-10/h7,9H,4-6H2,1-3H3,(H,17,18)(H2,13,15,19). The van der Waals surface area contributed by atoms with Crippen molar-refractivity contribution in [3.63, 3.8) is 0 Å². The second kappa shape index (κ2) is 7.46. The Morgan fingerprint density at radius 2 is 2.10 bits per heavy atom. The molecule has 1 atom stereocenters. The first kappa shape index (κ1) is 15.9. The topological polar surface area (TPSA) is 117 Å². The largest absolute Gasteiger partial charge is 0.480 e. The zero-order valence-corrected chi connectivity index (χ0v) is 11.8. The highest BCUT2D eigenvalue weighted by molar-refractivity contribution is 5.82. The molecule has 0 fully saturated rings. The van der Waals surface area contributed by atoms with Crippen LogP contribution in [-0.4, -0.2) is 39.8 Å². The van der Waals surface area contributed by atoms with Gasteiger partial charge >= 0.3 is 12.0 Å². The second-order valence-corrected chi connectivity index (χ2v) is 4.90. The molecule has 0 aliphatic heterocycles. The molecule has 1 aromatic rings. The summed E-state index contributed by atoms with van der Waals surface area (Å²) in [5, 5.41) is 17.7. The van der Waals surface area contributed by atoms with Crippen LogP contribution in [0.2, 0.25) is 0 Å². The third-order valence-corrected chi connectivity index (χ3v) is 2.51. The highest BCUT2D eigenvalue weighted by Crippen LogP contribution is 2.04. The summed E-state index contributed by atoms with van der Waals surface area (Å²) in [7, 11) is 0. The van der Waals surface area contributed by atoms with Crippen LogP contribution in [0.15, 0.2) is 4.52 Å². The molecule has 1 aromatic heterocycles. The molecule has 0 spiro atoms. The first-order valence-corrected chi connectivity index (χ1v) is 6.45. The van der Waals surface area contributed by atoms with Crippen molar-refractivity contribution >= 4 is 12.0 Å². The number of urea groups is 1. The number of carboxylic acids is 1. The molecule has 1 rings (SSSR count). The van der Waals surface area contributed by atoms with Gasteiger partial charge in [0.2, 0.25) is 5.89 Å². The van der Waals surface area contributed by atoms with E-state index in [1.165, 1.54) is 0 Å². The number of nitrogens with zero attached hydrogens (tertiary/aromatic N) is 2. The van der Waals surface area contributed by atoms with E-state index in [1.54, 1.807) is 6.92 Å². The summed E-state index contributed by atoms with van der Waals surface area (Å²) in [4.78, 5) is 26.6. The molecule has 8 heteroatoms. The predicted molar refractivity (Wildman–Crippen MR) is 70.2 cm³/mol. The number of rotatable bonds is 7. The van der Waals surface area contributed by atoms with Crippen LogP contribution < -0.4 is 10.6 Å². The molecule has 0 radical (unpaired) electrons. The van der Waals surface area contributed by atoms with Crippen molar-refractivity contribution in [1.29, 1.82) is 0 Å². The van der Waals surface area contributed by atoms with E-state index in [0.717, 1.165) is 0 Å². The number of hydrogen-bond acceptors (Lipinski definition) is 5. The first-order valence-electron chi connectivity index (χ1n) is 6.45. The first-order chi connectivity index (χ1) is 9.38. The molecule has 0 saturated heterocycles. The maximum absolute atomic E-state index is 11.6. The summed E-state index contributed by atoms with van der Waals surface area (Å²) in [6.07, 6.45) is 0.805. The van der Waals surface area contributed by atoms with E-state index in [-0.39, 0.29) is 5.92 Å². The Morgan fingerprint density at radius 3 is 2.60 bits per heavy atom. The Balaban J connectivity index is 2.32. The van der Waals surface area contributed by atoms with Crippen molar-refractivity contribution in [2.75, 3.05) is 6.54 Å². The highest BCUT2D eigenvalue weighted by Gasteiger charge is 2.20. The van der Waals surface area contributed by atoms with Crippen LogP contribution >= 0.6 is 0 Å². The van der Waals surface area contributed by atoms with Crippen LogP contribution in [0.3, 0.4) is 0 Å². The number of aliphatic carboxylic acids is 1. The summed E-state index contributed by atoms with van der Waals surface area (Å²) in [5.41, 5.74) is 0. The highest BCUT2D eigenvalue weighted by atomic mass is 16.5. The van der Waals surface area contributed by atoms with E-state index in [1.807, 2.05) is 13.8 Å². The van der Waals surface area contributed by atoms with Gasteiger partial charge in [-0.2, -0.15) is 4.98 Å². The van der Waals surface area contributed by atoms with Crippen LogP contribution in [-0.2, 0) is 11.2 Å². The summed E-state index contributed by atoms with van der Waals surface area (Å²) in [5.74, 6) is 0.105. The smallest absolute Gasteiger partial charge is 0.326 e. The van der Waals surface area contributed by atoms with Crippen molar-refractivity contribution < 1.29 is 19.2 Å². The van der Waals surface area contributed by atoms with E-state index < -0.39 is 18.0 Å². The van der Waals surface area contributed by atoms with Gasteiger partial charge in [0.25, 0.3) is 0 Å². The van der Waals surface area contributed by atoms with Crippen LogP contribution in [0.1, 0.15) is 32.0 Å². The molecule has 20 heavy (non-hydrogen) atoms. The fourth-order valence-electron chi connectivity index (χ4n) is 1.63. The van der Waals surface area contributed by atoms with Crippen LogP contribution in [0.4, 0.5) is 4.79 Å². The molecule has 0 aliphatic carbocycles. The zero-order valence-electron chi connectivity index (χ0n) is 11.8. The van der Waals surface area contributed by atoms with E-state index in [9.17, 15) is 9.59 Å². The number of hydrogen-bond donors (Lipinski definition) is 3. The maximum atomic E-state index is 11.6. The molecule has 3 N–H and O–H groups in total. The van der Waals surface area contributed by atoms with Gasteiger partial charge in [0, 0.05) is 19.9 Å². The Hall–Kier alpha value is -2.12. The summed E-state index contributed by atoms with van der Waals surface area (Å²) in [6.45, 7) is 5.78. The molecule has 112 valence electrons.